The quantitative estimate of drug-likeness (QED) is 0.465. The summed E-state index contributed by atoms with van der Waals surface area (Å²) in [6.07, 6.45) is 3.84. The molecule has 1 aromatic rings. The van der Waals surface area contributed by atoms with Crippen LogP contribution in [0.2, 0.25) is 0 Å². The van der Waals surface area contributed by atoms with Crippen LogP contribution >= 0.6 is 0 Å². The van der Waals surface area contributed by atoms with E-state index in [1.165, 1.54) is 0 Å². The maximum Gasteiger partial charge on any atom is 0.101 e. The number of nitrogens with zero attached hydrogens (tertiary/aromatic N) is 2. The van der Waals surface area contributed by atoms with Gasteiger partial charge in [-0.2, -0.15) is 15.4 Å². The fourth-order valence-corrected chi connectivity index (χ4v) is 1.22. The average Bonchev–Trinajstić information content (AvgIpc) is 2.66. The van der Waals surface area contributed by atoms with Gasteiger partial charge in [0.2, 0.25) is 0 Å². The highest BCUT2D eigenvalue weighted by Crippen LogP contribution is 2.19. The molecule has 0 aliphatic carbocycles. The van der Waals surface area contributed by atoms with E-state index in [1.807, 2.05) is 0 Å². The molecule has 1 heterocycles. The summed E-state index contributed by atoms with van der Waals surface area (Å²) < 4.78 is 0. The van der Waals surface area contributed by atoms with Gasteiger partial charge in [0.25, 0.3) is 0 Å². The molecule has 0 amide bonds. The molecule has 0 radical (unpaired) electrons. The number of hydrazine groups is 1. The number of nitrogens with two attached hydrogens (primary N) is 1. The molecule has 0 aliphatic rings. The van der Waals surface area contributed by atoms with Crippen LogP contribution in [0.15, 0.2) is 6.20 Å². The number of aromatic nitrogens is 3. The lowest BCUT2D eigenvalue weighted by atomic mass is 9.98. The highest BCUT2D eigenvalue weighted by molar-refractivity contribution is 4.98. The van der Waals surface area contributed by atoms with Gasteiger partial charge >= 0.3 is 0 Å². The second-order valence-corrected chi connectivity index (χ2v) is 3.36. The minimum atomic E-state index is 0.105. The lowest BCUT2D eigenvalue weighted by Crippen LogP contribution is -2.29. The van der Waals surface area contributed by atoms with Gasteiger partial charge in [0.05, 0.1) is 12.2 Å². The Hall–Kier alpha value is -0.940. The number of rotatable bonds is 5. The Morgan fingerprint density at radius 1 is 1.69 bits per heavy atom. The van der Waals surface area contributed by atoms with Crippen molar-refractivity contribution < 1.29 is 0 Å². The Morgan fingerprint density at radius 2 is 2.46 bits per heavy atom. The summed E-state index contributed by atoms with van der Waals surface area (Å²) >= 11 is 0. The lowest BCUT2D eigenvalue weighted by molar-refractivity contribution is 0.401. The number of aromatic amines is 1. The molecule has 0 fully saturated rings. The van der Waals surface area contributed by atoms with E-state index < -0.39 is 0 Å². The summed E-state index contributed by atoms with van der Waals surface area (Å²) in [5, 5.41) is 10.3. The maximum absolute atomic E-state index is 5.44. The van der Waals surface area contributed by atoms with Crippen LogP contribution in [0.3, 0.4) is 0 Å². The number of nitrogens with one attached hydrogen (secondary N) is 2. The first-order valence-electron chi connectivity index (χ1n) is 4.59. The van der Waals surface area contributed by atoms with Gasteiger partial charge in [-0.3, -0.25) is 11.3 Å². The molecule has 1 aromatic heterocycles. The zero-order chi connectivity index (χ0) is 9.68. The highest BCUT2D eigenvalue weighted by atomic mass is 15.3. The fraction of sp³-hybridized carbons (Fsp3) is 0.750. The lowest BCUT2D eigenvalue weighted by Gasteiger charge is -2.16. The van der Waals surface area contributed by atoms with Crippen molar-refractivity contribution in [2.45, 2.75) is 32.7 Å². The molecule has 1 rings (SSSR count). The van der Waals surface area contributed by atoms with Gasteiger partial charge in [-0.25, -0.2) is 0 Å². The molecule has 0 aliphatic heterocycles. The Labute approximate surface area is 78.1 Å². The molecule has 0 aromatic carbocycles. The molecule has 74 valence electrons. The van der Waals surface area contributed by atoms with Crippen molar-refractivity contribution in [3.8, 4) is 0 Å². The van der Waals surface area contributed by atoms with Gasteiger partial charge in [-0.15, -0.1) is 0 Å². The SMILES string of the molecule is CCC(C)CC(NN)c1cn[nH]n1. The average molecular weight is 183 g/mol. The third kappa shape index (κ3) is 2.78. The van der Waals surface area contributed by atoms with E-state index in [1.54, 1.807) is 6.20 Å². The van der Waals surface area contributed by atoms with Gasteiger partial charge < -0.3 is 0 Å². The molecular formula is C8H17N5. The number of hydrogen-bond donors (Lipinski definition) is 3. The van der Waals surface area contributed by atoms with Crippen LogP contribution in [0.25, 0.3) is 0 Å². The van der Waals surface area contributed by atoms with Crippen LogP contribution in [0.4, 0.5) is 0 Å². The van der Waals surface area contributed by atoms with Gasteiger partial charge in [0.1, 0.15) is 5.69 Å². The maximum atomic E-state index is 5.44. The minimum Gasteiger partial charge on any atom is -0.271 e. The molecule has 5 nitrogen and oxygen atoms in total. The molecular weight excluding hydrogens is 166 g/mol. The van der Waals surface area contributed by atoms with Crippen molar-refractivity contribution in [1.29, 1.82) is 0 Å². The normalized spacial score (nSPS) is 15.6. The molecule has 0 saturated carbocycles. The van der Waals surface area contributed by atoms with E-state index in [2.05, 4.69) is 34.7 Å². The molecule has 5 heteroatoms. The minimum absolute atomic E-state index is 0.105. The molecule has 2 unspecified atom stereocenters. The predicted octanol–water partition coefficient (Wildman–Crippen LogP) is 0.745. The first-order chi connectivity index (χ1) is 6.27. The molecule has 4 N–H and O–H groups in total. The molecule has 2 atom stereocenters. The van der Waals surface area contributed by atoms with Crippen molar-refractivity contribution in [1.82, 2.24) is 20.8 Å². The van der Waals surface area contributed by atoms with Gasteiger partial charge in [0, 0.05) is 0 Å². The monoisotopic (exact) mass is 183 g/mol. The van der Waals surface area contributed by atoms with Gasteiger partial charge in [-0.05, 0) is 12.3 Å². The summed E-state index contributed by atoms with van der Waals surface area (Å²) in [5.41, 5.74) is 3.62. The second-order valence-electron chi connectivity index (χ2n) is 3.36. The third-order valence-corrected chi connectivity index (χ3v) is 2.33. The number of hydrogen-bond acceptors (Lipinski definition) is 4. The predicted molar refractivity (Wildman–Crippen MR) is 50.5 cm³/mol. The first kappa shape index (κ1) is 10.1. The zero-order valence-electron chi connectivity index (χ0n) is 8.12. The fourth-order valence-electron chi connectivity index (χ4n) is 1.22. The van der Waals surface area contributed by atoms with E-state index in [9.17, 15) is 0 Å². The molecule has 0 spiro atoms. The number of H-pyrrole nitrogens is 1. The first-order valence-corrected chi connectivity index (χ1v) is 4.59. The Bertz CT molecular complexity index is 220. The van der Waals surface area contributed by atoms with Crippen LogP contribution in [0.5, 0.6) is 0 Å². The van der Waals surface area contributed by atoms with Crippen LogP contribution in [-0.4, -0.2) is 15.4 Å². The topological polar surface area (TPSA) is 79.6 Å². The highest BCUT2D eigenvalue weighted by Gasteiger charge is 2.14. The summed E-state index contributed by atoms with van der Waals surface area (Å²) in [4.78, 5) is 0. The van der Waals surface area contributed by atoms with Crippen LogP contribution in [-0.2, 0) is 0 Å². The summed E-state index contributed by atoms with van der Waals surface area (Å²) in [6.45, 7) is 4.37. The summed E-state index contributed by atoms with van der Waals surface area (Å²) in [5.74, 6) is 6.07. The molecule has 13 heavy (non-hydrogen) atoms. The Balaban J connectivity index is 2.53. The van der Waals surface area contributed by atoms with Crippen molar-refractivity contribution in [3.05, 3.63) is 11.9 Å². The van der Waals surface area contributed by atoms with Gasteiger partial charge in [-0.1, -0.05) is 20.3 Å². The van der Waals surface area contributed by atoms with E-state index in [4.69, 9.17) is 5.84 Å². The smallest absolute Gasteiger partial charge is 0.101 e. The van der Waals surface area contributed by atoms with Crippen molar-refractivity contribution in [2.75, 3.05) is 0 Å². The van der Waals surface area contributed by atoms with Crippen LogP contribution in [0, 0.1) is 5.92 Å². The van der Waals surface area contributed by atoms with Crippen LogP contribution < -0.4 is 11.3 Å². The van der Waals surface area contributed by atoms with Crippen molar-refractivity contribution in [2.24, 2.45) is 11.8 Å². The molecule has 0 bridgehead atoms. The second kappa shape index (κ2) is 4.94. The third-order valence-electron chi connectivity index (χ3n) is 2.33. The van der Waals surface area contributed by atoms with Crippen molar-refractivity contribution >= 4 is 0 Å². The summed E-state index contributed by atoms with van der Waals surface area (Å²) in [6, 6.07) is 0.105. The van der Waals surface area contributed by atoms with E-state index in [0.29, 0.717) is 5.92 Å². The molecule has 0 saturated heterocycles. The van der Waals surface area contributed by atoms with E-state index >= 15 is 0 Å². The Morgan fingerprint density at radius 3 is 2.92 bits per heavy atom. The van der Waals surface area contributed by atoms with E-state index in [-0.39, 0.29) is 6.04 Å². The largest absolute Gasteiger partial charge is 0.271 e. The van der Waals surface area contributed by atoms with E-state index in [0.717, 1.165) is 18.5 Å². The Kier molecular flexibility index (Phi) is 3.85. The van der Waals surface area contributed by atoms with Gasteiger partial charge in [0.15, 0.2) is 0 Å². The van der Waals surface area contributed by atoms with Crippen LogP contribution in [0.1, 0.15) is 38.4 Å². The standard InChI is InChI=1S/C8H17N5/c1-3-6(2)4-7(11-9)8-5-10-13-12-8/h5-7,11H,3-4,9H2,1-2H3,(H,10,12,13). The summed E-state index contributed by atoms with van der Waals surface area (Å²) in [7, 11) is 0. The zero-order valence-corrected chi connectivity index (χ0v) is 8.12. The van der Waals surface area contributed by atoms with Crippen molar-refractivity contribution in [3.63, 3.8) is 0 Å².